The third-order valence-electron chi connectivity index (χ3n) is 2.15. The zero-order valence-electron chi connectivity index (χ0n) is 9.64. The van der Waals surface area contributed by atoms with E-state index in [0.29, 0.717) is 6.42 Å². The summed E-state index contributed by atoms with van der Waals surface area (Å²) >= 11 is 0. The van der Waals surface area contributed by atoms with Gasteiger partial charge in [-0.15, -0.1) is 0 Å². The Hall–Kier alpha value is -1.07. The van der Waals surface area contributed by atoms with Crippen LogP contribution in [-0.4, -0.2) is 21.8 Å². The van der Waals surface area contributed by atoms with Crippen LogP contribution in [0.3, 0.4) is 0 Å². The number of hydrogen-bond donors (Lipinski definition) is 0. The van der Waals surface area contributed by atoms with Crippen LogP contribution in [0.5, 0.6) is 5.75 Å². The fourth-order valence-electron chi connectivity index (χ4n) is 1.39. The zero-order chi connectivity index (χ0) is 12.2. The minimum Gasteiger partial charge on any atom is -0.497 e. The van der Waals surface area contributed by atoms with Crippen molar-refractivity contribution in [3.05, 3.63) is 29.8 Å². The van der Waals surface area contributed by atoms with Crippen LogP contribution >= 0.6 is 0 Å². The monoisotopic (exact) mass is 244 g/mol. The Morgan fingerprint density at radius 1 is 1.25 bits per heavy atom. The highest BCUT2D eigenvalue weighted by Crippen LogP contribution is 2.24. The van der Waals surface area contributed by atoms with Gasteiger partial charge in [0.05, 0.1) is 13.4 Å². The molecule has 0 heterocycles. The van der Waals surface area contributed by atoms with E-state index < -0.39 is 16.2 Å². The second-order valence-electron chi connectivity index (χ2n) is 3.47. The molecule has 0 aromatic heterocycles. The summed E-state index contributed by atoms with van der Waals surface area (Å²) in [5.41, 5.74) is 0.828. The molecule has 0 aliphatic rings. The standard InChI is InChI=1S/C11H16O4S/c1-4-11(15-16(3,12)13)9-5-7-10(14-2)8-6-9/h5-8,11H,4H2,1-3H3. The van der Waals surface area contributed by atoms with Crippen LogP contribution < -0.4 is 4.74 Å². The van der Waals surface area contributed by atoms with Gasteiger partial charge >= 0.3 is 0 Å². The van der Waals surface area contributed by atoms with Crippen molar-refractivity contribution in [2.24, 2.45) is 0 Å². The van der Waals surface area contributed by atoms with Crippen LogP contribution in [0.4, 0.5) is 0 Å². The summed E-state index contributed by atoms with van der Waals surface area (Å²) in [4.78, 5) is 0. The topological polar surface area (TPSA) is 52.6 Å². The fourth-order valence-corrected chi connectivity index (χ4v) is 2.06. The number of ether oxygens (including phenoxy) is 1. The van der Waals surface area contributed by atoms with Crippen LogP contribution in [0.25, 0.3) is 0 Å². The molecule has 16 heavy (non-hydrogen) atoms. The van der Waals surface area contributed by atoms with E-state index in [9.17, 15) is 8.42 Å². The largest absolute Gasteiger partial charge is 0.497 e. The first-order valence-electron chi connectivity index (χ1n) is 4.98. The second kappa shape index (κ2) is 5.32. The van der Waals surface area contributed by atoms with E-state index >= 15 is 0 Å². The number of methoxy groups -OCH3 is 1. The molecule has 0 saturated heterocycles. The van der Waals surface area contributed by atoms with Gasteiger partial charge in [-0.05, 0) is 24.1 Å². The lowest BCUT2D eigenvalue weighted by atomic mass is 10.1. The van der Waals surface area contributed by atoms with Gasteiger partial charge < -0.3 is 4.74 Å². The maximum atomic E-state index is 11.1. The Bertz CT molecular complexity index is 422. The van der Waals surface area contributed by atoms with Crippen LogP contribution in [0.2, 0.25) is 0 Å². The van der Waals surface area contributed by atoms with E-state index in [4.69, 9.17) is 8.92 Å². The summed E-state index contributed by atoms with van der Waals surface area (Å²) in [6, 6.07) is 7.17. The third-order valence-corrected chi connectivity index (χ3v) is 2.73. The highest BCUT2D eigenvalue weighted by molar-refractivity contribution is 7.86. The van der Waals surface area contributed by atoms with E-state index in [-0.39, 0.29) is 0 Å². The van der Waals surface area contributed by atoms with Gasteiger partial charge in [0.25, 0.3) is 10.1 Å². The maximum absolute atomic E-state index is 11.1. The predicted octanol–water partition coefficient (Wildman–Crippen LogP) is 2.12. The van der Waals surface area contributed by atoms with E-state index in [1.165, 1.54) is 0 Å². The molecule has 0 bridgehead atoms. The SMILES string of the molecule is CCC(OS(C)(=O)=O)c1ccc(OC)cc1. The van der Waals surface area contributed by atoms with Crippen LogP contribution in [0.1, 0.15) is 25.0 Å². The molecular weight excluding hydrogens is 228 g/mol. The van der Waals surface area contributed by atoms with E-state index in [1.54, 1.807) is 31.4 Å². The summed E-state index contributed by atoms with van der Waals surface area (Å²) in [6.07, 6.45) is 1.22. The van der Waals surface area contributed by atoms with Crippen LogP contribution in [0.15, 0.2) is 24.3 Å². The summed E-state index contributed by atoms with van der Waals surface area (Å²) in [5.74, 6) is 0.734. The van der Waals surface area contributed by atoms with Gasteiger partial charge in [-0.25, -0.2) is 0 Å². The van der Waals surface area contributed by atoms with Crippen molar-refractivity contribution >= 4 is 10.1 Å². The Morgan fingerprint density at radius 3 is 2.19 bits per heavy atom. The molecule has 0 amide bonds. The van der Waals surface area contributed by atoms with Gasteiger partial charge in [-0.2, -0.15) is 8.42 Å². The van der Waals surface area contributed by atoms with Crippen molar-refractivity contribution in [1.82, 2.24) is 0 Å². The molecule has 0 fully saturated rings. The Kier molecular flexibility index (Phi) is 4.32. The molecule has 0 aliphatic heterocycles. The number of benzene rings is 1. The molecule has 0 spiro atoms. The molecule has 1 rings (SSSR count). The molecular formula is C11H16O4S. The Balaban J connectivity index is 2.87. The summed E-state index contributed by atoms with van der Waals surface area (Å²) < 4.78 is 32.1. The molecule has 0 radical (unpaired) electrons. The Morgan fingerprint density at radius 2 is 1.81 bits per heavy atom. The van der Waals surface area contributed by atoms with Crippen LogP contribution in [-0.2, 0) is 14.3 Å². The quantitative estimate of drug-likeness (QED) is 0.744. The zero-order valence-corrected chi connectivity index (χ0v) is 10.5. The summed E-state index contributed by atoms with van der Waals surface area (Å²) in [6.45, 7) is 1.88. The minimum atomic E-state index is -3.43. The lowest BCUT2D eigenvalue weighted by Gasteiger charge is -2.14. The van der Waals surface area contributed by atoms with Gasteiger partial charge in [-0.3, -0.25) is 4.18 Å². The highest BCUT2D eigenvalue weighted by Gasteiger charge is 2.15. The first-order chi connectivity index (χ1) is 7.46. The third kappa shape index (κ3) is 3.83. The lowest BCUT2D eigenvalue weighted by Crippen LogP contribution is -2.09. The van der Waals surface area contributed by atoms with Crippen molar-refractivity contribution in [3.8, 4) is 5.75 Å². The Labute approximate surface area is 96.3 Å². The normalized spacial score (nSPS) is 13.4. The maximum Gasteiger partial charge on any atom is 0.264 e. The average molecular weight is 244 g/mol. The van der Waals surface area contributed by atoms with Gasteiger partial charge in [0, 0.05) is 0 Å². The first-order valence-corrected chi connectivity index (χ1v) is 6.80. The van der Waals surface area contributed by atoms with Gasteiger partial charge in [-0.1, -0.05) is 19.1 Å². The first kappa shape index (κ1) is 13.0. The molecule has 0 aliphatic carbocycles. The van der Waals surface area contributed by atoms with Crippen molar-refractivity contribution in [2.75, 3.05) is 13.4 Å². The second-order valence-corrected chi connectivity index (χ2v) is 5.07. The molecule has 1 aromatic carbocycles. The smallest absolute Gasteiger partial charge is 0.264 e. The molecule has 4 nitrogen and oxygen atoms in total. The summed E-state index contributed by atoms with van der Waals surface area (Å²) in [7, 11) is -1.85. The molecule has 90 valence electrons. The van der Waals surface area contributed by atoms with E-state index in [1.807, 2.05) is 6.92 Å². The van der Waals surface area contributed by atoms with Crippen molar-refractivity contribution in [1.29, 1.82) is 0 Å². The molecule has 1 atom stereocenters. The van der Waals surface area contributed by atoms with Gasteiger partial charge in [0.1, 0.15) is 11.9 Å². The van der Waals surface area contributed by atoms with Crippen molar-refractivity contribution < 1.29 is 17.3 Å². The predicted molar refractivity (Wildman–Crippen MR) is 62.0 cm³/mol. The molecule has 1 unspecified atom stereocenters. The van der Waals surface area contributed by atoms with E-state index in [2.05, 4.69) is 0 Å². The molecule has 0 N–H and O–H groups in total. The fraction of sp³-hybridized carbons (Fsp3) is 0.455. The highest BCUT2D eigenvalue weighted by atomic mass is 32.2. The number of rotatable bonds is 5. The van der Waals surface area contributed by atoms with E-state index in [0.717, 1.165) is 17.6 Å². The minimum absolute atomic E-state index is 0.430. The molecule has 0 saturated carbocycles. The summed E-state index contributed by atoms with van der Waals surface area (Å²) in [5, 5.41) is 0. The van der Waals surface area contributed by atoms with Gasteiger partial charge in [0.15, 0.2) is 0 Å². The molecule has 5 heteroatoms. The lowest BCUT2D eigenvalue weighted by molar-refractivity contribution is 0.211. The van der Waals surface area contributed by atoms with Crippen molar-refractivity contribution in [2.45, 2.75) is 19.4 Å². The molecule has 1 aromatic rings. The van der Waals surface area contributed by atoms with Crippen molar-refractivity contribution in [3.63, 3.8) is 0 Å². The average Bonchev–Trinajstić information content (AvgIpc) is 2.25. The number of hydrogen-bond acceptors (Lipinski definition) is 4. The van der Waals surface area contributed by atoms with Crippen LogP contribution in [0, 0.1) is 0 Å². The van der Waals surface area contributed by atoms with Gasteiger partial charge in [0.2, 0.25) is 0 Å².